The minimum atomic E-state index is 0.0564. The highest BCUT2D eigenvalue weighted by Gasteiger charge is 2.51. The van der Waals surface area contributed by atoms with Gasteiger partial charge in [-0.3, -0.25) is 9.59 Å². The monoisotopic (exact) mass is 421 g/mol. The number of aromatic nitrogens is 1. The Hall–Kier alpha value is -2.89. The van der Waals surface area contributed by atoms with Crippen LogP contribution in [0.4, 0.5) is 11.4 Å². The Bertz CT molecular complexity index is 885. The van der Waals surface area contributed by atoms with Gasteiger partial charge >= 0.3 is 0 Å². The number of nitrogens with zero attached hydrogens (tertiary/aromatic N) is 1. The van der Waals surface area contributed by atoms with E-state index < -0.39 is 0 Å². The Balaban J connectivity index is 1.19. The molecule has 1 aromatic heterocycles. The Morgan fingerprint density at radius 2 is 1.42 bits per heavy atom. The summed E-state index contributed by atoms with van der Waals surface area (Å²) in [4.78, 5) is 28.6. The SMILES string of the molecule is CC1(C)CC1C(=O)Nc1ccc(CCOc2ccc(NC(=O)C3CC3(C)C)cn2)cc1. The van der Waals surface area contributed by atoms with Crippen molar-refractivity contribution in [2.24, 2.45) is 22.7 Å². The maximum atomic E-state index is 12.2. The van der Waals surface area contributed by atoms with E-state index in [-0.39, 0.29) is 34.5 Å². The van der Waals surface area contributed by atoms with Crippen LogP contribution in [-0.4, -0.2) is 23.4 Å². The molecule has 2 amide bonds. The van der Waals surface area contributed by atoms with Gasteiger partial charge in [0.05, 0.1) is 18.5 Å². The van der Waals surface area contributed by atoms with Gasteiger partial charge in [-0.1, -0.05) is 39.8 Å². The minimum Gasteiger partial charge on any atom is -0.477 e. The quantitative estimate of drug-likeness (QED) is 0.649. The van der Waals surface area contributed by atoms with E-state index in [0.29, 0.717) is 18.2 Å². The van der Waals surface area contributed by atoms with Crippen molar-refractivity contribution < 1.29 is 14.3 Å². The van der Waals surface area contributed by atoms with Crippen LogP contribution in [-0.2, 0) is 16.0 Å². The van der Waals surface area contributed by atoms with Crippen molar-refractivity contribution in [2.75, 3.05) is 17.2 Å². The van der Waals surface area contributed by atoms with Crippen LogP contribution in [0.15, 0.2) is 42.6 Å². The largest absolute Gasteiger partial charge is 0.477 e. The number of ether oxygens (including phenoxy) is 1. The second kappa shape index (κ2) is 7.98. The lowest BCUT2D eigenvalue weighted by molar-refractivity contribution is -0.118. The molecule has 2 fully saturated rings. The van der Waals surface area contributed by atoms with Crippen molar-refractivity contribution >= 4 is 23.2 Å². The molecule has 1 heterocycles. The number of hydrogen-bond acceptors (Lipinski definition) is 4. The third-order valence-electron chi connectivity index (χ3n) is 6.53. The van der Waals surface area contributed by atoms with E-state index in [9.17, 15) is 9.59 Å². The second-order valence-corrected chi connectivity index (χ2v) is 10.1. The van der Waals surface area contributed by atoms with Gasteiger partial charge in [0.15, 0.2) is 0 Å². The van der Waals surface area contributed by atoms with E-state index in [1.54, 1.807) is 12.3 Å². The van der Waals surface area contributed by atoms with E-state index in [2.05, 4.69) is 43.3 Å². The van der Waals surface area contributed by atoms with Crippen molar-refractivity contribution in [3.05, 3.63) is 48.2 Å². The van der Waals surface area contributed by atoms with E-state index >= 15 is 0 Å². The summed E-state index contributed by atoms with van der Waals surface area (Å²) in [6.45, 7) is 8.94. The average Bonchev–Trinajstić information content (AvgIpc) is 3.57. The van der Waals surface area contributed by atoms with E-state index in [4.69, 9.17) is 4.74 Å². The van der Waals surface area contributed by atoms with Gasteiger partial charge in [0, 0.05) is 30.0 Å². The molecule has 2 aliphatic carbocycles. The predicted octanol–water partition coefficient (Wildman–Crippen LogP) is 4.67. The maximum absolute atomic E-state index is 12.2. The smallest absolute Gasteiger partial charge is 0.228 e. The number of nitrogens with one attached hydrogen (secondary N) is 2. The molecule has 6 heteroatoms. The summed E-state index contributed by atoms with van der Waals surface area (Å²) in [6, 6.07) is 11.4. The molecular weight excluding hydrogens is 390 g/mol. The highest BCUT2D eigenvalue weighted by Crippen LogP contribution is 2.52. The van der Waals surface area contributed by atoms with Crippen molar-refractivity contribution in [3.8, 4) is 5.88 Å². The molecule has 2 aliphatic rings. The molecule has 2 unspecified atom stereocenters. The normalized spacial score (nSPS) is 22.3. The van der Waals surface area contributed by atoms with Crippen molar-refractivity contribution in [1.82, 2.24) is 4.98 Å². The van der Waals surface area contributed by atoms with Gasteiger partial charge in [0.25, 0.3) is 0 Å². The number of carbonyl (C=O) groups is 2. The first kappa shape index (κ1) is 21.3. The minimum absolute atomic E-state index is 0.0564. The van der Waals surface area contributed by atoms with Gasteiger partial charge in [-0.05, 0) is 47.4 Å². The van der Waals surface area contributed by atoms with Gasteiger partial charge in [-0.15, -0.1) is 0 Å². The van der Waals surface area contributed by atoms with Crippen molar-refractivity contribution in [1.29, 1.82) is 0 Å². The zero-order valence-electron chi connectivity index (χ0n) is 18.7. The standard InChI is InChI=1S/C25H31N3O3/c1-24(2)13-19(24)22(29)27-17-7-5-16(6-8-17)11-12-31-21-10-9-18(15-26-21)28-23(30)20-14-25(20,3)4/h5-10,15,19-20H,11-14H2,1-4H3,(H,27,29)(H,28,30). The fourth-order valence-corrected chi connectivity index (χ4v) is 3.86. The first-order valence-corrected chi connectivity index (χ1v) is 10.9. The summed E-state index contributed by atoms with van der Waals surface area (Å²) in [5.41, 5.74) is 2.88. The molecule has 31 heavy (non-hydrogen) atoms. The van der Waals surface area contributed by atoms with Crippen molar-refractivity contribution in [2.45, 2.75) is 47.0 Å². The molecule has 4 rings (SSSR count). The molecular formula is C25H31N3O3. The molecule has 2 saturated carbocycles. The predicted molar refractivity (Wildman–Crippen MR) is 121 cm³/mol. The van der Waals surface area contributed by atoms with Gasteiger partial charge in [0.1, 0.15) is 0 Å². The molecule has 2 aromatic rings. The molecule has 0 spiro atoms. The average molecular weight is 422 g/mol. The van der Waals surface area contributed by atoms with Gasteiger partial charge in [-0.25, -0.2) is 4.98 Å². The highest BCUT2D eigenvalue weighted by atomic mass is 16.5. The lowest BCUT2D eigenvalue weighted by Crippen LogP contribution is -2.16. The van der Waals surface area contributed by atoms with Gasteiger partial charge < -0.3 is 15.4 Å². The number of pyridine rings is 1. The maximum Gasteiger partial charge on any atom is 0.228 e. The van der Waals surface area contributed by atoms with Crippen LogP contribution in [0.5, 0.6) is 5.88 Å². The molecule has 0 radical (unpaired) electrons. The lowest BCUT2D eigenvalue weighted by atomic mass is 10.1. The number of hydrogen-bond donors (Lipinski definition) is 2. The molecule has 164 valence electrons. The van der Waals surface area contributed by atoms with Crippen LogP contribution in [0.2, 0.25) is 0 Å². The number of rotatable bonds is 8. The molecule has 2 atom stereocenters. The summed E-state index contributed by atoms with van der Waals surface area (Å²) in [5.74, 6) is 0.895. The molecule has 0 aliphatic heterocycles. The first-order chi connectivity index (χ1) is 14.6. The topological polar surface area (TPSA) is 80.3 Å². The first-order valence-electron chi connectivity index (χ1n) is 10.9. The molecule has 0 bridgehead atoms. The second-order valence-electron chi connectivity index (χ2n) is 10.1. The number of amides is 2. The van der Waals surface area contributed by atoms with Crippen LogP contribution in [0, 0.1) is 22.7 Å². The number of benzene rings is 1. The number of anilines is 2. The summed E-state index contributed by atoms with van der Waals surface area (Å²) >= 11 is 0. The summed E-state index contributed by atoms with van der Waals surface area (Å²) in [5, 5.41) is 5.91. The molecule has 6 nitrogen and oxygen atoms in total. The zero-order chi connectivity index (χ0) is 22.2. The summed E-state index contributed by atoms with van der Waals surface area (Å²) in [6.07, 6.45) is 4.25. The van der Waals surface area contributed by atoms with Gasteiger partial charge in [0.2, 0.25) is 17.7 Å². The van der Waals surface area contributed by atoms with E-state index in [1.807, 2.05) is 30.3 Å². The molecule has 1 aromatic carbocycles. The van der Waals surface area contributed by atoms with Crippen LogP contribution < -0.4 is 15.4 Å². The molecule has 0 saturated heterocycles. The Labute approximate surface area is 183 Å². The van der Waals surface area contributed by atoms with Crippen molar-refractivity contribution in [3.63, 3.8) is 0 Å². The Kier molecular flexibility index (Phi) is 5.50. The fourth-order valence-electron chi connectivity index (χ4n) is 3.86. The fraction of sp³-hybridized carbons (Fsp3) is 0.480. The summed E-state index contributed by atoms with van der Waals surface area (Å²) in [7, 11) is 0. The van der Waals surface area contributed by atoms with Crippen LogP contribution in [0.3, 0.4) is 0 Å². The Morgan fingerprint density at radius 3 is 1.90 bits per heavy atom. The van der Waals surface area contributed by atoms with Crippen LogP contribution in [0.1, 0.15) is 46.1 Å². The third-order valence-corrected chi connectivity index (χ3v) is 6.53. The third kappa shape index (κ3) is 5.24. The zero-order valence-corrected chi connectivity index (χ0v) is 18.7. The highest BCUT2D eigenvalue weighted by molar-refractivity contribution is 5.95. The molecule has 2 N–H and O–H groups in total. The lowest BCUT2D eigenvalue weighted by Gasteiger charge is -2.09. The van der Waals surface area contributed by atoms with Crippen LogP contribution in [0.25, 0.3) is 0 Å². The number of carbonyl (C=O) groups excluding carboxylic acids is 2. The summed E-state index contributed by atoms with van der Waals surface area (Å²) < 4.78 is 5.73. The van der Waals surface area contributed by atoms with Gasteiger partial charge in [-0.2, -0.15) is 0 Å². The Morgan fingerprint density at radius 1 is 0.903 bits per heavy atom. The van der Waals surface area contributed by atoms with Crippen LogP contribution >= 0.6 is 0 Å². The van der Waals surface area contributed by atoms with E-state index in [0.717, 1.165) is 30.5 Å². The van der Waals surface area contributed by atoms with E-state index in [1.165, 1.54) is 0 Å².